The lowest BCUT2D eigenvalue weighted by atomic mass is 10.1. The molecule has 146 valence electrons. The monoisotopic (exact) mass is 394 g/mol. The molecule has 4 rings (SSSR count). The molecule has 0 atom stereocenters. The Bertz CT molecular complexity index is 985. The van der Waals surface area contributed by atoms with Gasteiger partial charge < -0.3 is 10.2 Å². The minimum absolute atomic E-state index is 0.0568. The molecule has 1 amide bonds. The lowest BCUT2D eigenvalue weighted by molar-refractivity contribution is -0.117. The molecule has 0 unspecified atom stereocenters. The van der Waals surface area contributed by atoms with Gasteiger partial charge in [-0.3, -0.25) is 9.69 Å². The Kier molecular flexibility index (Phi) is 5.33. The predicted molar refractivity (Wildman–Crippen MR) is 118 cm³/mol. The van der Waals surface area contributed by atoms with Crippen LogP contribution < -0.4 is 10.2 Å². The van der Waals surface area contributed by atoms with Gasteiger partial charge in [0.05, 0.1) is 16.8 Å². The maximum absolute atomic E-state index is 12.5. The Balaban J connectivity index is 1.34. The van der Waals surface area contributed by atoms with E-state index in [1.807, 2.05) is 32.0 Å². The fraction of sp³-hybridized carbons (Fsp3) is 0.364. The minimum atomic E-state index is 0.0568. The molecule has 1 aliphatic rings. The van der Waals surface area contributed by atoms with Crippen molar-refractivity contribution in [3.05, 3.63) is 53.1 Å². The van der Waals surface area contributed by atoms with Gasteiger partial charge in [-0.2, -0.15) is 0 Å². The molecule has 6 heteroatoms. The molecule has 0 aliphatic carbocycles. The number of aryl methyl sites for hydroxylation is 3. The number of fused-ring (bicyclic) bond motifs is 1. The fourth-order valence-corrected chi connectivity index (χ4v) is 4.65. The summed E-state index contributed by atoms with van der Waals surface area (Å²) < 4.78 is 1.23. The van der Waals surface area contributed by atoms with Crippen LogP contribution in [-0.2, 0) is 4.79 Å². The van der Waals surface area contributed by atoms with Crippen LogP contribution in [0.4, 0.5) is 10.8 Å². The van der Waals surface area contributed by atoms with Gasteiger partial charge >= 0.3 is 0 Å². The molecule has 2 aromatic carbocycles. The zero-order valence-electron chi connectivity index (χ0n) is 16.7. The second-order valence-electron chi connectivity index (χ2n) is 7.55. The van der Waals surface area contributed by atoms with Gasteiger partial charge in [-0.05, 0) is 49.6 Å². The van der Waals surface area contributed by atoms with Crippen LogP contribution in [0, 0.1) is 20.8 Å². The maximum Gasteiger partial charge on any atom is 0.238 e. The molecule has 1 aromatic heterocycles. The van der Waals surface area contributed by atoms with Crippen molar-refractivity contribution in [2.45, 2.75) is 20.8 Å². The van der Waals surface area contributed by atoms with E-state index in [-0.39, 0.29) is 5.91 Å². The van der Waals surface area contributed by atoms with Crippen molar-refractivity contribution in [1.82, 2.24) is 9.88 Å². The molecular weight excluding hydrogens is 368 g/mol. The van der Waals surface area contributed by atoms with Crippen LogP contribution in [0.2, 0.25) is 0 Å². The Morgan fingerprint density at radius 2 is 1.79 bits per heavy atom. The quantitative estimate of drug-likeness (QED) is 0.727. The van der Waals surface area contributed by atoms with Gasteiger partial charge in [-0.1, -0.05) is 35.6 Å². The van der Waals surface area contributed by atoms with E-state index in [0.717, 1.165) is 53.6 Å². The van der Waals surface area contributed by atoms with E-state index in [0.29, 0.717) is 6.54 Å². The topological polar surface area (TPSA) is 48.5 Å². The average Bonchev–Trinajstić information content (AvgIpc) is 3.08. The van der Waals surface area contributed by atoms with Gasteiger partial charge in [-0.25, -0.2) is 4.98 Å². The van der Waals surface area contributed by atoms with Crippen molar-refractivity contribution in [3.63, 3.8) is 0 Å². The molecule has 0 bridgehead atoms. The van der Waals surface area contributed by atoms with Crippen LogP contribution in [0.15, 0.2) is 36.4 Å². The highest BCUT2D eigenvalue weighted by Crippen LogP contribution is 2.30. The number of amides is 1. The standard InChI is InChI=1S/C22H26N4OS/c1-15-7-8-19-18(13-15)23-22(28-19)26-11-9-25(10-12-26)14-20(27)24-21-16(2)5-4-6-17(21)3/h4-8,13H,9-12,14H2,1-3H3,(H,24,27). The molecule has 3 aromatic rings. The van der Waals surface area contributed by atoms with E-state index >= 15 is 0 Å². The van der Waals surface area contributed by atoms with Crippen molar-refractivity contribution in [2.75, 3.05) is 42.9 Å². The number of rotatable bonds is 4. The Morgan fingerprint density at radius 1 is 1.07 bits per heavy atom. The number of para-hydroxylation sites is 1. The Morgan fingerprint density at radius 3 is 2.50 bits per heavy atom. The number of anilines is 2. The van der Waals surface area contributed by atoms with Crippen LogP contribution in [-0.4, -0.2) is 48.5 Å². The summed E-state index contributed by atoms with van der Waals surface area (Å²) in [5.74, 6) is 0.0568. The highest BCUT2D eigenvalue weighted by atomic mass is 32.1. The number of benzene rings is 2. The first-order chi connectivity index (χ1) is 13.5. The van der Waals surface area contributed by atoms with Crippen LogP contribution in [0.5, 0.6) is 0 Å². The third-order valence-corrected chi connectivity index (χ3v) is 6.38. The zero-order valence-corrected chi connectivity index (χ0v) is 17.5. The van der Waals surface area contributed by atoms with Gasteiger partial charge in [-0.15, -0.1) is 0 Å². The molecule has 28 heavy (non-hydrogen) atoms. The lowest BCUT2D eigenvalue weighted by Gasteiger charge is -2.34. The van der Waals surface area contributed by atoms with Crippen molar-refractivity contribution in [2.24, 2.45) is 0 Å². The van der Waals surface area contributed by atoms with E-state index in [1.165, 1.54) is 10.3 Å². The first kappa shape index (κ1) is 18.9. The van der Waals surface area contributed by atoms with Gasteiger partial charge in [0.25, 0.3) is 0 Å². The number of nitrogens with one attached hydrogen (secondary N) is 1. The number of aromatic nitrogens is 1. The third-order valence-electron chi connectivity index (χ3n) is 5.29. The summed E-state index contributed by atoms with van der Waals surface area (Å²) in [5, 5.41) is 4.17. The molecule has 5 nitrogen and oxygen atoms in total. The Hall–Kier alpha value is -2.44. The summed E-state index contributed by atoms with van der Waals surface area (Å²) in [6.07, 6.45) is 0. The molecule has 1 fully saturated rings. The van der Waals surface area contributed by atoms with Crippen molar-refractivity contribution >= 4 is 38.3 Å². The second kappa shape index (κ2) is 7.89. The van der Waals surface area contributed by atoms with E-state index in [9.17, 15) is 4.79 Å². The highest BCUT2D eigenvalue weighted by Gasteiger charge is 2.21. The molecular formula is C22H26N4OS. The number of nitrogens with zero attached hydrogens (tertiary/aromatic N) is 3. The van der Waals surface area contributed by atoms with Gasteiger partial charge in [0.15, 0.2) is 5.13 Å². The second-order valence-corrected chi connectivity index (χ2v) is 8.55. The highest BCUT2D eigenvalue weighted by molar-refractivity contribution is 7.22. The molecule has 1 N–H and O–H groups in total. The number of hydrogen-bond donors (Lipinski definition) is 1. The van der Waals surface area contributed by atoms with E-state index in [1.54, 1.807) is 11.3 Å². The third kappa shape index (κ3) is 4.03. The van der Waals surface area contributed by atoms with Gasteiger partial charge in [0, 0.05) is 31.9 Å². The lowest BCUT2D eigenvalue weighted by Crippen LogP contribution is -2.48. The molecule has 0 spiro atoms. The van der Waals surface area contributed by atoms with Crippen molar-refractivity contribution in [1.29, 1.82) is 0 Å². The van der Waals surface area contributed by atoms with Crippen molar-refractivity contribution < 1.29 is 4.79 Å². The van der Waals surface area contributed by atoms with Crippen LogP contribution in [0.3, 0.4) is 0 Å². The van der Waals surface area contributed by atoms with E-state index in [4.69, 9.17) is 4.98 Å². The first-order valence-corrected chi connectivity index (χ1v) is 10.5. The number of piperazine rings is 1. The van der Waals surface area contributed by atoms with Crippen LogP contribution in [0.25, 0.3) is 10.2 Å². The van der Waals surface area contributed by atoms with Gasteiger partial charge in [0.1, 0.15) is 0 Å². The van der Waals surface area contributed by atoms with Crippen LogP contribution >= 0.6 is 11.3 Å². The maximum atomic E-state index is 12.5. The summed E-state index contributed by atoms with van der Waals surface area (Å²) in [7, 11) is 0. The summed E-state index contributed by atoms with van der Waals surface area (Å²) in [6, 6.07) is 12.5. The summed E-state index contributed by atoms with van der Waals surface area (Å²) in [5.41, 5.74) is 5.46. The Labute approximate surface area is 170 Å². The van der Waals surface area contributed by atoms with Crippen LogP contribution in [0.1, 0.15) is 16.7 Å². The predicted octanol–water partition coefficient (Wildman–Crippen LogP) is 3.98. The largest absolute Gasteiger partial charge is 0.345 e. The van der Waals surface area contributed by atoms with E-state index < -0.39 is 0 Å². The van der Waals surface area contributed by atoms with Gasteiger partial charge in [0.2, 0.25) is 5.91 Å². The molecule has 1 saturated heterocycles. The smallest absolute Gasteiger partial charge is 0.238 e. The molecule has 2 heterocycles. The summed E-state index contributed by atoms with van der Waals surface area (Å²) >= 11 is 1.75. The fourth-order valence-electron chi connectivity index (χ4n) is 3.65. The summed E-state index contributed by atoms with van der Waals surface area (Å²) in [6.45, 7) is 10.1. The SMILES string of the molecule is Cc1ccc2sc(N3CCN(CC(=O)Nc4c(C)cccc4C)CC3)nc2c1. The average molecular weight is 395 g/mol. The molecule has 0 saturated carbocycles. The first-order valence-electron chi connectivity index (χ1n) is 9.70. The molecule has 1 aliphatic heterocycles. The number of carbonyl (C=O) groups excluding carboxylic acids is 1. The number of hydrogen-bond acceptors (Lipinski definition) is 5. The zero-order chi connectivity index (χ0) is 19.7. The van der Waals surface area contributed by atoms with Crippen molar-refractivity contribution in [3.8, 4) is 0 Å². The number of carbonyl (C=O) groups is 1. The minimum Gasteiger partial charge on any atom is -0.345 e. The summed E-state index contributed by atoms with van der Waals surface area (Å²) in [4.78, 5) is 21.9. The number of thiazole rings is 1. The van der Waals surface area contributed by atoms with E-state index in [2.05, 4.69) is 40.2 Å². The normalized spacial score (nSPS) is 15.2. The molecule has 0 radical (unpaired) electrons.